The van der Waals surface area contributed by atoms with Crippen LogP contribution in [0.2, 0.25) is 0 Å². The largest absolute Gasteiger partial charge is 0.302 e. The van der Waals surface area contributed by atoms with E-state index in [1.807, 2.05) is 12.1 Å². The average Bonchev–Trinajstić information content (AvgIpc) is 3.35. The van der Waals surface area contributed by atoms with E-state index in [0.717, 1.165) is 46.0 Å². The van der Waals surface area contributed by atoms with E-state index in [2.05, 4.69) is 63.2 Å². The fourth-order valence-electron chi connectivity index (χ4n) is 2.88. The van der Waals surface area contributed by atoms with Crippen LogP contribution < -0.4 is 0 Å². The third kappa shape index (κ3) is 4.15. The highest BCUT2D eigenvalue weighted by Gasteiger charge is 2.14. The van der Waals surface area contributed by atoms with Gasteiger partial charge in [-0.05, 0) is 25.5 Å². The predicted octanol–water partition coefficient (Wildman–Crippen LogP) is 5.47. The van der Waals surface area contributed by atoms with Gasteiger partial charge in [-0.15, -0.1) is 21.5 Å². The number of thiazole rings is 1. The summed E-state index contributed by atoms with van der Waals surface area (Å²) in [7, 11) is 0. The third-order valence-electron chi connectivity index (χ3n) is 4.30. The first-order valence-electron chi connectivity index (χ1n) is 9.22. The Kier molecular flexibility index (Phi) is 5.83. The van der Waals surface area contributed by atoms with Gasteiger partial charge in [0, 0.05) is 41.2 Å². The maximum Gasteiger partial charge on any atom is 0.191 e. The van der Waals surface area contributed by atoms with Crippen molar-refractivity contribution in [3.05, 3.63) is 65.4 Å². The van der Waals surface area contributed by atoms with Crippen molar-refractivity contribution in [3.63, 3.8) is 0 Å². The highest BCUT2D eigenvalue weighted by atomic mass is 32.2. The van der Waals surface area contributed by atoms with Crippen LogP contribution in [-0.2, 0) is 12.3 Å². The molecule has 0 radical (unpaired) electrons. The van der Waals surface area contributed by atoms with Crippen LogP contribution in [0.1, 0.15) is 24.6 Å². The summed E-state index contributed by atoms with van der Waals surface area (Å²) in [5.74, 6) is 1.67. The van der Waals surface area contributed by atoms with Crippen LogP contribution in [0.5, 0.6) is 0 Å². The van der Waals surface area contributed by atoms with Crippen molar-refractivity contribution in [2.24, 2.45) is 0 Å². The first-order chi connectivity index (χ1) is 13.7. The zero-order valence-corrected chi connectivity index (χ0v) is 17.5. The average molecular weight is 408 g/mol. The minimum atomic E-state index is 0.778. The molecule has 0 aliphatic carbocycles. The summed E-state index contributed by atoms with van der Waals surface area (Å²) in [6, 6.07) is 12.4. The molecule has 4 aromatic rings. The van der Waals surface area contributed by atoms with Gasteiger partial charge in [-0.3, -0.25) is 4.98 Å². The van der Waals surface area contributed by atoms with Gasteiger partial charge in [0.05, 0.1) is 5.69 Å². The first kappa shape index (κ1) is 18.8. The molecular weight excluding hydrogens is 386 g/mol. The van der Waals surface area contributed by atoms with Crippen LogP contribution in [0.25, 0.3) is 22.0 Å². The molecule has 28 heavy (non-hydrogen) atoms. The van der Waals surface area contributed by atoms with E-state index in [-0.39, 0.29) is 0 Å². The molecule has 5 nitrogen and oxygen atoms in total. The molecule has 0 fully saturated rings. The Bertz CT molecular complexity index is 1040. The van der Waals surface area contributed by atoms with Crippen molar-refractivity contribution >= 4 is 23.1 Å². The SMILES string of the molecule is CCCn1c(SCc2csc(-c3ccc(C)cc3)n2)nnc1-c1ccncc1. The zero-order chi connectivity index (χ0) is 19.3. The van der Waals surface area contributed by atoms with E-state index in [4.69, 9.17) is 4.98 Å². The lowest BCUT2D eigenvalue weighted by Crippen LogP contribution is -2.02. The van der Waals surface area contributed by atoms with Gasteiger partial charge in [0.25, 0.3) is 0 Å². The van der Waals surface area contributed by atoms with Gasteiger partial charge in [-0.2, -0.15) is 0 Å². The lowest BCUT2D eigenvalue weighted by Gasteiger charge is -2.08. The molecule has 0 saturated carbocycles. The normalized spacial score (nSPS) is 11.1. The van der Waals surface area contributed by atoms with E-state index in [1.165, 1.54) is 11.1 Å². The molecule has 0 bridgehead atoms. The number of nitrogens with zero attached hydrogens (tertiary/aromatic N) is 5. The molecule has 4 rings (SSSR count). The molecule has 0 aliphatic heterocycles. The summed E-state index contributed by atoms with van der Waals surface area (Å²) in [4.78, 5) is 8.89. The molecule has 0 saturated heterocycles. The van der Waals surface area contributed by atoms with Crippen LogP contribution in [-0.4, -0.2) is 24.7 Å². The maximum atomic E-state index is 4.80. The van der Waals surface area contributed by atoms with E-state index in [9.17, 15) is 0 Å². The van der Waals surface area contributed by atoms with Crippen molar-refractivity contribution in [3.8, 4) is 22.0 Å². The van der Waals surface area contributed by atoms with Gasteiger partial charge < -0.3 is 4.57 Å². The predicted molar refractivity (Wildman–Crippen MR) is 115 cm³/mol. The molecule has 1 aromatic carbocycles. The van der Waals surface area contributed by atoms with Crippen molar-refractivity contribution in [1.82, 2.24) is 24.7 Å². The number of pyridine rings is 1. The monoisotopic (exact) mass is 407 g/mol. The minimum Gasteiger partial charge on any atom is -0.302 e. The summed E-state index contributed by atoms with van der Waals surface area (Å²) in [6.45, 7) is 5.15. The molecule has 0 atom stereocenters. The Labute approximate surface area is 172 Å². The molecule has 3 heterocycles. The van der Waals surface area contributed by atoms with E-state index >= 15 is 0 Å². The summed E-state index contributed by atoms with van der Waals surface area (Å²) < 4.78 is 2.19. The molecule has 0 N–H and O–H groups in total. The first-order valence-corrected chi connectivity index (χ1v) is 11.1. The van der Waals surface area contributed by atoms with Gasteiger partial charge in [0.1, 0.15) is 5.01 Å². The highest BCUT2D eigenvalue weighted by molar-refractivity contribution is 7.98. The number of thioether (sulfide) groups is 1. The summed E-state index contributed by atoms with van der Waals surface area (Å²) >= 11 is 3.37. The van der Waals surface area contributed by atoms with Gasteiger partial charge in [0.2, 0.25) is 0 Å². The van der Waals surface area contributed by atoms with E-state index in [0.29, 0.717) is 0 Å². The van der Waals surface area contributed by atoms with Crippen LogP contribution in [0.3, 0.4) is 0 Å². The number of rotatable bonds is 7. The number of benzene rings is 1. The summed E-state index contributed by atoms with van der Waals surface area (Å²) in [6.07, 6.45) is 4.60. The number of aromatic nitrogens is 5. The summed E-state index contributed by atoms with van der Waals surface area (Å²) in [5.41, 5.74) is 4.54. The van der Waals surface area contributed by atoms with E-state index in [1.54, 1.807) is 35.5 Å². The number of hydrogen-bond donors (Lipinski definition) is 0. The van der Waals surface area contributed by atoms with Gasteiger partial charge in [-0.25, -0.2) is 4.98 Å². The Hall–Kier alpha value is -2.51. The van der Waals surface area contributed by atoms with Crippen molar-refractivity contribution in [1.29, 1.82) is 0 Å². The number of hydrogen-bond acceptors (Lipinski definition) is 6. The topological polar surface area (TPSA) is 56.5 Å². The second-order valence-corrected chi connectivity index (χ2v) is 8.29. The number of aryl methyl sites for hydroxylation is 1. The van der Waals surface area contributed by atoms with Crippen LogP contribution >= 0.6 is 23.1 Å². The second kappa shape index (κ2) is 8.67. The molecule has 7 heteroatoms. The van der Waals surface area contributed by atoms with Crippen LogP contribution in [0, 0.1) is 6.92 Å². The fourth-order valence-corrected chi connectivity index (χ4v) is 4.66. The Morgan fingerprint density at radius 3 is 2.54 bits per heavy atom. The molecule has 0 amide bonds. The van der Waals surface area contributed by atoms with Crippen LogP contribution in [0.15, 0.2) is 59.3 Å². The Balaban J connectivity index is 1.51. The molecule has 142 valence electrons. The fraction of sp³-hybridized carbons (Fsp3) is 0.238. The Morgan fingerprint density at radius 2 is 1.79 bits per heavy atom. The third-order valence-corrected chi connectivity index (χ3v) is 6.24. The molecule has 0 unspecified atom stereocenters. The van der Waals surface area contributed by atoms with Crippen LogP contribution in [0.4, 0.5) is 0 Å². The zero-order valence-electron chi connectivity index (χ0n) is 15.9. The lowest BCUT2D eigenvalue weighted by molar-refractivity contribution is 0.626. The molecule has 3 aromatic heterocycles. The van der Waals surface area contributed by atoms with Gasteiger partial charge in [0.15, 0.2) is 11.0 Å². The van der Waals surface area contributed by atoms with Gasteiger partial charge in [-0.1, -0.05) is 48.5 Å². The second-order valence-electron chi connectivity index (χ2n) is 6.49. The van der Waals surface area contributed by atoms with E-state index < -0.39 is 0 Å². The molecule has 0 spiro atoms. The lowest BCUT2D eigenvalue weighted by atomic mass is 10.2. The smallest absolute Gasteiger partial charge is 0.191 e. The van der Waals surface area contributed by atoms with Crippen molar-refractivity contribution in [2.75, 3.05) is 0 Å². The quantitative estimate of drug-likeness (QED) is 0.380. The van der Waals surface area contributed by atoms with Crippen molar-refractivity contribution < 1.29 is 0 Å². The maximum absolute atomic E-state index is 4.80. The molecular formula is C21H21N5S2. The highest BCUT2D eigenvalue weighted by Crippen LogP contribution is 2.29. The summed E-state index contributed by atoms with van der Waals surface area (Å²) in [5, 5.41) is 13.0. The van der Waals surface area contributed by atoms with Crippen molar-refractivity contribution in [2.45, 2.75) is 37.7 Å². The Morgan fingerprint density at radius 1 is 1.00 bits per heavy atom. The molecule has 0 aliphatic rings. The minimum absolute atomic E-state index is 0.778. The van der Waals surface area contributed by atoms with Gasteiger partial charge >= 0.3 is 0 Å². The standard InChI is InChI=1S/C21H21N5S2/c1-3-12-26-19(16-8-10-22-11-9-16)24-25-21(26)28-14-18-13-27-20(23-18)17-6-4-15(2)5-7-17/h4-11,13H,3,12,14H2,1-2H3.